The third-order valence-electron chi connectivity index (χ3n) is 10.2. The molecule has 358 valence electrons. The highest BCUT2D eigenvalue weighted by atomic mass is 16.6. The second-order valence-corrected chi connectivity index (χ2v) is 15.2. The van der Waals surface area contributed by atoms with Gasteiger partial charge in [0.05, 0.1) is 105 Å². The van der Waals surface area contributed by atoms with E-state index >= 15 is 0 Å². The number of anilines is 1. The number of amides is 4. The fraction of sp³-hybridized carbons (Fsp3) is 0.659. The number of carbonyl (C=O) groups is 3. The summed E-state index contributed by atoms with van der Waals surface area (Å²) in [4.78, 5) is 44.1. The predicted octanol–water partition coefficient (Wildman–Crippen LogP) is 1.49. The number of nitrogens with zero attached hydrogens (tertiary/aromatic N) is 4. The monoisotopic (exact) mass is 903 g/mol. The first kappa shape index (κ1) is 52.4. The summed E-state index contributed by atoms with van der Waals surface area (Å²) in [6, 6.07) is 8.56. The van der Waals surface area contributed by atoms with Crippen molar-refractivity contribution >= 4 is 29.2 Å². The Hall–Kier alpha value is -4.19. The molecule has 6 N–H and O–H groups in total. The van der Waals surface area contributed by atoms with Crippen LogP contribution in [0.2, 0.25) is 0 Å². The van der Waals surface area contributed by atoms with Gasteiger partial charge in [-0.05, 0) is 47.7 Å². The fourth-order valence-corrected chi connectivity index (χ4v) is 6.55. The van der Waals surface area contributed by atoms with Crippen LogP contribution in [0.3, 0.4) is 0 Å². The largest absolute Gasteiger partial charge is 0.382 e. The molecule has 3 atom stereocenters. The summed E-state index contributed by atoms with van der Waals surface area (Å²) in [6.07, 6.45) is 3.79. The predicted molar refractivity (Wildman–Crippen MR) is 237 cm³/mol. The Kier molecular flexibility index (Phi) is 25.9. The number of fused-ring (bicyclic) bond motifs is 1. The highest BCUT2D eigenvalue weighted by Crippen LogP contribution is 2.24. The van der Waals surface area contributed by atoms with Gasteiger partial charge < -0.3 is 64.3 Å². The lowest BCUT2D eigenvalue weighted by Gasteiger charge is -2.28. The average molecular weight is 903 g/mol. The number of nitrogens with two attached hydrogens (primary N) is 1. The highest BCUT2D eigenvalue weighted by Gasteiger charge is 2.28. The average Bonchev–Trinajstić information content (AvgIpc) is 3.74. The molecular weight excluding hydrogens is 833 g/mol. The molecule has 0 fully saturated rings. The molecule has 64 heavy (non-hydrogen) atoms. The molecule has 20 nitrogen and oxygen atoms in total. The number of urea groups is 1. The van der Waals surface area contributed by atoms with Crippen LogP contribution in [-0.4, -0.2) is 182 Å². The first-order valence-electron chi connectivity index (χ1n) is 22.2. The lowest BCUT2D eigenvalue weighted by molar-refractivity contribution is -0.132. The molecule has 2 aromatic rings. The molecule has 4 rings (SSSR count). The van der Waals surface area contributed by atoms with E-state index in [-0.39, 0.29) is 36.6 Å². The number of ether oxygens (including phenoxy) is 8. The number of methoxy groups -OCH3 is 1. The van der Waals surface area contributed by atoms with Crippen LogP contribution >= 0.6 is 0 Å². The zero-order chi connectivity index (χ0) is 45.6. The van der Waals surface area contributed by atoms with Gasteiger partial charge in [-0.3, -0.25) is 19.9 Å². The smallest absolute Gasteiger partial charge is 0.322 e. The Bertz CT molecular complexity index is 1630. The molecule has 4 amide bonds. The number of nitrogens with one attached hydrogen (secondary N) is 3. The van der Waals surface area contributed by atoms with E-state index in [0.717, 1.165) is 22.4 Å². The molecule has 2 aliphatic heterocycles. The molecule has 0 spiro atoms. The summed E-state index contributed by atoms with van der Waals surface area (Å²) in [5, 5.41) is 25.2. The van der Waals surface area contributed by atoms with Crippen molar-refractivity contribution < 1.29 is 57.4 Å². The molecule has 20 heteroatoms. The second kappa shape index (κ2) is 31.6. The maximum absolute atomic E-state index is 12.9. The van der Waals surface area contributed by atoms with Crippen LogP contribution in [0.25, 0.3) is 0 Å². The lowest BCUT2D eigenvalue weighted by atomic mass is 9.93. The maximum atomic E-state index is 12.9. The van der Waals surface area contributed by atoms with Gasteiger partial charge >= 0.3 is 6.03 Å². The van der Waals surface area contributed by atoms with Crippen molar-refractivity contribution in [3.8, 4) is 0 Å². The van der Waals surface area contributed by atoms with Gasteiger partial charge in [-0.15, -0.1) is 0 Å². The van der Waals surface area contributed by atoms with E-state index in [1.807, 2.05) is 37.3 Å². The van der Waals surface area contributed by atoms with E-state index in [4.69, 9.17) is 43.6 Å². The summed E-state index contributed by atoms with van der Waals surface area (Å²) < 4.78 is 43.1. The number of aromatic nitrogens is 1. The fourth-order valence-electron chi connectivity index (χ4n) is 6.55. The third kappa shape index (κ3) is 20.8. The quantitative estimate of drug-likeness (QED) is 0.0487. The van der Waals surface area contributed by atoms with Gasteiger partial charge in [-0.1, -0.05) is 19.1 Å². The van der Waals surface area contributed by atoms with Gasteiger partial charge in [0.25, 0.3) is 0 Å². The van der Waals surface area contributed by atoms with Crippen LogP contribution in [-0.2, 0) is 60.6 Å². The van der Waals surface area contributed by atoms with Crippen LogP contribution < -0.4 is 21.7 Å². The van der Waals surface area contributed by atoms with E-state index in [2.05, 4.69) is 26.0 Å². The van der Waals surface area contributed by atoms with Crippen LogP contribution in [0.4, 0.5) is 10.5 Å². The van der Waals surface area contributed by atoms with Gasteiger partial charge in [0.1, 0.15) is 6.23 Å². The Balaban J connectivity index is 0.939. The number of aliphatic hydroxyl groups excluding tert-OH is 1. The van der Waals surface area contributed by atoms with Crippen LogP contribution in [0, 0.1) is 5.92 Å². The number of hydrogen-bond donors (Lipinski definition) is 5. The summed E-state index contributed by atoms with van der Waals surface area (Å²) in [5.74, 6) is -0.343. The van der Waals surface area contributed by atoms with Crippen molar-refractivity contribution in [3.63, 3.8) is 0 Å². The van der Waals surface area contributed by atoms with Gasteiger partial charge in [-0.25, -0.2) is 9.80 Å². The zero-order valence-corrected chi connectivity index (χ0v) is 37.5. The van der Waals surface area contributed by atoms with E-state index in [1.54, 1.807) is 24.4 Å². The van der Waals surface area contributed by atoms with E-state index in [0.29, 0.717) is 150 Å². The molecule has 0 bridgehead atoms. The van der Waals surface area contributed by atoms with Crippen molar-refractivity contribution in [1.29, 1.82) is 0 Å². The highest BCUT2D eigenvalue weighted by molar-refractivity contribution is 6.06. The van der Waals surface area contributed by atoms with Crippen molar-refractivity contribution in [2.24, 2.45) is 16.8 Å². The molecule has 0 saturated carbocycles. The molecule has 2 unspecified atom stereocenters. The Morgan fingerprint density at radius 2 is 1.36 bits per heavy atom. The molecule has 1 aromatic heterocycles. The molecule has 1 aromatic carbocycles. The molecule has 0 saturated heterocycles. The lowest BCUT2D eigenvalue weighted by Crippen LogP contribution is -2.46. The molecule has 2 aliphatic rings. The minimum Gasteiger partial charge on any atom is -0.382 e. The number of rotatable bonds is 35. The SMILES string of the molecule is COCCOCCOCCOCCOCCOCCOCCOCCNC(O)[C@@H](N)CCC(=O)NCCCN1N=C(c2ccc(NC(=O)N3Cc4ccncc4C3)cc2)C(C)CC1=O. The normalized spacial score (nSPS) is 15.8. The minimum absolute atomic E-state index is 0.0744. The third-order valence-corrected chi connectivity index (χ3v) is 10.2. The Morgan fingerprint density at radius 1 is 0.797 bits per heavy atom. The van der Waals surface area contributed by atoms with Crippen LogP contribution in [0.5, 0.6) is 0 Å². The number of aliphatic hydroxyl groups is 1. The molecular formula is C44H70N8O12. The first-order valence-corrected chi connectivity index (χ1v) is 22.2. The van der Waals surface area contributed by atoms with E-state index in [1.165, 1.54) is 5.01 Å². The number of benzene rings is 1. The van der Waals surface area contributed by atoms with Crippen LogP contribution in [0.15, 0.2) is 47.8 Å². The van der Waals surface area contributed by atoms with E-state index < -0.39 is 12.3 Å². The zero-order valence-electron chi connectivity index (χ0n) is 37.5. The van der Waals surface area contributed by atoms with Crippen molar-refractivity contribution in [2.75, 3.05) is 131 Å². The van der Waals surface area contributed by atoms with Crippen molar-refractivity contribution in [2.45, 2.75) is 58.0 Å². The maximum Gasteiger partial charge on any atom is 0.322 e. The van der Waals surface area contributed by atoms with Gasteiger partial charge in [0.15, 0.2) is 0 Å². The summed E-state index contributed by atoms with van der Waals surface area (Å²) in [6.45, 7) is 11.3. The number of carbonyl (C=O) groups excluding carboxylic acids is 3. The minimum atomic E-state index is -0.996. The molecule has 0 aliphatic carbocycles. The summed E-state index contributed by atoms with van der Waals surface area (Å²) in [7, 11) is 1.64. The number of hydrogen-bond acceptors (Lipinski definition) is 16. The molecule has 0 radical (unpaired) electrons. The number of pyridine rings is 1. The van der Waals surface area contributed by atoms with Crippen molar-refractivity contribution in [3.05, 3.63) is 59.4 Å². The van der Waals surface area contributed by atoms with Gasteiger partial charge in [0, 0.05) is 82.7 Å². The van der Waals surface area contributed by atoms with Gasteiger partial charge in [0.2, 0.25) is 11.8 Å². The van der Waals surface area contributed by atoms with E-state index in [9.17, 15) is 19.5 Å². The van der Waals surface area contributed by atoms with Crippen LogP contribution in [0.1, 0.15) is 49.3 Å². The first-order chi connectivity index (χ1) is 31.2. The Morgan fingerprint density at radius 3 is 1.94 bits per heavy atom. The standard InChI is InChI=1S/C44H70N8O12/c1-34-30-41(54)52(50-42(34)35-4-6-38(7-5-35)49-44(56)51-32-36-10-12-46-31-37(36)33-51)14-3-11-47-40(53)9-8-39(45)43(55)48-13-15-58-18-19-60-22-23-62-26-27-64-29-28-63-25-24-61-21-20-59-17-16-57-2/h4-7,10,12,31,34,39,43,48,55H,3,8-9,11,13-30,32-33,45H2,1-2H3,(H,47,53)(H,49,56)/t34?,39-,43?/m0/s1. The Labute approximate surface area is 376 Å². The van der Waals surface area contributed by atoms with Gasteiger partial charge in [-0.2, -0.15) is 5.10 Å². The number of hydrazone groups is 1. The summed E-state index contributed by atoms with van der Waals surface area (Å²) >= 11 is 0. The summed E-state index contributed by atoms with van der Waals surface area (Å²) in [5.41, 5.74) is 10.6. The van der Waals surface area contributed by atoms with Crippen molar-refractivity contribution in [1.82, 2.24) is 25.5 Å². The topological polar surface area (TPSA) is 239 Å². The molecule has 3 heterocycles. The second-order valence-electron chi connectivity index (χ2n) is 15.2.